The second kappa shape index (κ2) is 7.45. The lowest BCUT2D eigenvalue weighted by molar-refractivity contribution is 0.203. The first-order valence-corrected chi connectivity index (χ1v) is 7.78. The largest absolute Gasteiger partial charge is 0.332 e. The van der Waals surface area contributed by atoms with Gasteiger partial charge in [0.25, 0.3) is 0 Å². The minimum Gasteiger partial charge on any atom is -0.332 e. The van der Waals surface area contributed by atoms with Crippen molar-refractivity contribution >= 4 is 6.03 Å². The summed E-state index contributed by atoms with van der Waals surface area (Å²) in [5, 5.41) is 7.08. The molecular formula is C15H27N5O. The monoisotopic (exact) mass is 293 g/mol. The fourth-order valence-electron chi connectivity index (χ4n) is 2.93. The summed E-state index contributed by atoms with van der Waals surface area (Å²) in [7, 11) is 4.05. The fourth-order valence-corrected chi connectivity index (χ4v) is 2.93. The lowest BCUT2D eigenvalue weighted by Gasteiger charge is -2.21. The first kappa shape index (κ1) is 15.8. The summed E-state index contributed by atoms with van der Waals surface area (Å²) in [6.45, 7) is 6.67. The average molecular weight is 293 g/mol. The zero-order valence-corrected chi connectivity index (χ0v) is 13.4. The van der Waals surface area contributed by atoms with Crippen molar-refractivity contribution in [1.82, 2.24) is 24.9 Å². The van der Waals surface area contributed by atoms with E-state index in [1.807, 2.05) is 18.0 Å². The third-order valence-corrected chi connectivity index (χ3v) is 4.09. The highest BCUT2D eigenvalue weighted by atomic mass is 16.2. The van der Waals surface area contributed by atoms with Gasteiger partial charge in [0.15, 0.2) is 0 Å². The quantitative estimate of drug-likeness (QED) is 0.860. The molecular weight excluding hydrogens is 266 g/mol. The van der Waals surface area contributed by atoms with E-state index in [0.29, 0.717) is 12.5 Å². The summed E-state index contributed by atoms with van der Waals surface area (Å²) < 4.78 is 1.78. The van der Waals surface area contributed by atoms with Crippen molar-refractivity contribution in [2.24, 2.45) is 13.0 Å². The standard InChI is InChI=1S/C15H27N5O/c1-4-8-18(2)11-13-6-9-20(12-13)15(21)16-10-14-5-7-17-19(14)3/h5,7,13H,4,6,8-12H2,1-3H3,(H,16,21)/t13-/m0/s1. The third kappa shape index (κ3) is 4.46. The second-order valence-electron chi connectivity index (χ2n) is 5.97. The molecule has 2 heterocycles. The zero-order chi connectivity index (χ0) is 15.2. The molecule has 0 aliphatic carbocycles. The topological polar surface area (TPSA) is 53.4 Å². The molecule has 1 fully saturated rings. The SMILES string of the molecule is CCCN(C)C[C@@H]1CCN(C(=O)NCc2ccnn2C)C1. The summed E-state index contributed by atoms with van der Waals surface area (Å²) in [4.78, 5) is 16.5. The van der Waals surface area contributed by atoms with Crippen LogP contribution in [0.25, 0.3) is 0 Å². The number of amides is 2. The Hall–Kier alpha value is -1.56. The average Bonchev–Trinajstić information content (AvgIpc) is 3.06. The van der Waals surface area contributed by atoms with Crippen LogP contribution in [0, 0.1) is 5.92 Å². The number of hydrogen-bond donors (Lipinski definition) is 1. The number of aryl methyl sites for hydroxylation is 1. The van der Waals surface area contributed by atoms with Crippen molar-refractivity contribution in [2.45, 2.75) is 26.3 Å². The van der Waals surface area contributed by atoms with Crippen LogP contribution in [0.15, 0.2) is 12.3 Å². The molecule has 6 heteroatoms. The van der Waals surface area contributed by atoms with E-state index in [9.17, 15) is 4.79 Å². The molecule has 0 spiro atoms. The number of carbonyl (C=O) groups is 1. The third-order valence-electron chi connectivity index (χ3n) is 4.09. The van der Waals surface area contributed by atoms with Crippen LogP contribution in [-0.4, -0.2) is 58.8 Å². The van der Waals surface area contributed by atoms with Crippen LogP contribution in [-0.2, 0) is 13.6 Å². The Morgan fingerprint density at radius 3 is 3.05 bits per heavy atom. The molecule has 2 amide bonds. The van der Waals surface area contributed by atoms with Gasteiger partial charge in [-0.2, -0.15) is 5.10 Å². The van der Waals surface area contributed by atoms with Crippen LogP contribution in [0.2, 0.25) is 0 Å². The van der Waals surface area contributed by atoms with Gasteiger partial charge in [0, 0.05) is 32.9 Å². The van der Waals surface area contributed by atoms with Gasteiger partial charge in [-0.3, -0.25) is 4.68 Å². The Balaban J connectivity index is 1.73. The van der Waals surface area contributed by atoms with Gasteiger partial charge >= 0.3 is 6.03 Å². The van der Waals surface area contributed by atoms with Gasteiger partial charge < -0.3 is 15.1 Å². The van der Waals surface area contributed by atoms with E-state index in [2.05, 4.69) is 29.3 Å². The van der Waals surface area contributed by atoms with E-state index in [1.54, 1.807) is 10.9 Å². The van der Waals surface area contributed by atoms with Crippen molar-refractivity contribution in [1.29, 1.82) is 0 Å². The first-order valence-electron chi connectivity index (χ1n) is 7.78. The number of nitrogens with one attached hydrogen (secondary N) is 1. The number of nitrogens with zero attached hydrogens (tertiary/aromatic N) is 4. The molecule has 1 aliphatic rings. The number of carbonyl (C=O) groups excluding carboxylic acids is 1. The van der Waals surface area contributed by atoms with Crippen LogP contribution in [0.1, 0.15) is 25.5 Å². The first-order chi connectivity index (χ1) is 10.1. The maximum Gasteiger partial charge on any atom is 0.317 e. The Bertz CT molecular complexity index is 459. The van der Waals surface area contributed by atoms with Crippen LogP contribution >= 0.6 is 0 Å². The van der Waals surface area contributed by atoms with Crippen LogP contribution in [0.3, 0.4) is 0 Å². The lowest BCUT2D eigenvalue weighted by atomic mass is 10.1. The van der Waals surface area contributed by atoms with Crippen LogP contribution in [0.5, 0.6) is 0 Å². The van der Waals surface area contributed by atoms with E-state index >= 15 is 0 Å². The number of urea groups is 1. The summed E-state index contributed by atoms with van der Waals surface area (Å²) in [5.41, 5.74) is 1.02. The highest BCUT2D eigenvalue weighted by Gasteiger charge is 2.26. The molecule has 0 bridgehead atoms. The van der Waals surface area contributed by atoms with Gasteiger partial charge in [0.1, 0.15) is 0 Å². The van der Waals surface area contributed by atoms with Crippen LogP contribution < -0.4 is 5.32 Å². The second-order valence-corrected chi connectivity index (χ2v) is 5.97. The molecule has 0 radical (unpaired) electrons. The molecule has 1 saturated heterocycles. The molecule has 0 aromatic carbocycles. The molecule has 1 N–H and O–H groups in total. The van der Waals surface area contributed by atoms with E-state index in [-0.39, 0.29) is 6.03 Å². The number of hydrogen-bond acceptors (Lipinski definition) is 3. The predicted molar refractivity (Wildman–Crippen MR) is 82.9 cm³/mol. The number of rotatable bonds is 6. The molecule has 1 atom stereocenters. The molecule has 118 valence electrons. The van der Waals surface area contributed by atoms with Gasteiger partial charge in [-0.15, -0.1) is 0 Å². The Labute approximate surface area is 127 Å². The number of likely N-dealkylation sites (tertiary alicyclic amines) is 1. The highest BCUT2D eigenvalue weighted by Crippen LogP contribution is 2.17. The normalized spacial score (nSPS) is 18.5. The Morgan fingerprint density at radius 1 is 1.57 bits per heavy atom. The van der Waals surface area contributed by atoms with Gasteiger partial charge in [-0.05, 0) is 38.4 Å². The maximum atomic E-state index is 12.2. The smallest absolute Gasteiger partial charge is 0.317 e. The van der Waals surface area contributed by atoms with Crippen molar-refractivity contribution in [3.05, 3.63) is 18.0 Å². The van der Waals surface area contributed by atoms with Gasteiger partial charge in [-0.1, -0.05) is 6.92 Å². The molecule has 1 aromatic heterocycles. The summed E-state index contributed by atoms with van der Waals surface area (Å²) >= 11 is 0. The summed E-state index contributed by atoms with van der Waals surface area (Å²) in [6.07, 6.45) is 4.03. The Morgan fingerprint density at radius 2 is 2.38 bits per heavy atom. The van der Waals surface area contributed by atoms with Gasteiger partial charge in [-0.25, -0.2) is 4.79 Å². The van der Waals surface area contributed by atoms with E-state index < -0.39 is 0 Å². The molecule has 0 unspecified atom stereocenters. The molecule has 0 saturated carbocycles. The van der Waals surface area contributed by atoms with Crippen LogP contribution in [0.4, 0.5) is 4.79 Å². The van der Waals surface area contributed by atoms with Gasteiger partial charge in [0.2, 0.25) is 0 Å². The molecule has 1 aromatic rings. The minimum atomic E-state index is 0.0387. The van der Waals surface area contributed by atoms with Crippen molar-refractivity contribution < 1.29 is 4.79 Å². The van der Waals surface area contributed by atoms with Gasteiger partial charge in [0.05, 0.1) is 12.2 Å². The maximum absolute atomic E-state index is 12.2. The lowest BCUT2D eigenvalue weighted by Crippen LogP contribution is -2.39. The summed E-state index contributed by atoms with van der Waals surface area (Å²) in [5.74, 6) is 0.601. The molecule has 2 rings (SSSR count). The van der Waals surface area contributed by atoms with Crippen molar-refractivity contribution in [2.75, 3.05) is 33.2 Å². The predicted octanol–water partition coefficient (Wildman–Crippen LogP) is 1.29. The highest BCUT2D eigenvalue weighted by molar-refractivity contribution is 5.74. The number of aromatic nitrogens is 2. The van der Waals surface area contributed by atoms with Crippen molar-refractivity contribution in [3.8, 4) is 0 Å². The summed E-state index contributed by atoms with van der Waals surface area (Å²) in [6, 6.07) is 1.96. The minimum absolute atomic E-state index is 0.0387. The molecule has 6 nitrogen and oxygen atoms in total. The Kier molecular flexibility index (Phi) is 5.61. The van der Waals surface area contributed by atoms with E-state index in [1.165, 1.54) is 6.42 Å². The zero-order valence-electron chi connectivity index (χ0n) is 13.4. The molecule has 21 heavy (non-hydrogen) atoms. The van der Waals surface area contributed by atoms with Crippen molar-refractivity contribution in [3.63, 3.8) is 0 Å². The van der Waals surface area contributed by atoms with E-state index in [0.717, 1.165) is 38.3 Å². The molecule has 1 aliphatic heterocycles. The van der Waals surface area contributed by atoms with E-state index in [4.69, 9.17) is 0 Å². The fraction of sp³-hybridized carbons (Fsp3) is 0.733.